The van der Waals surface area contributed by atoms with Gasteiger partial charge in [0.1, 0.15) is 11.5 Å². The van der Waals surface area contributed by atoms with Gasteiger partial charge in [0.2, 0.25) is 17.8 Å². The summed E-state index contributed by atoms with van der Waals surface area (Å²) in [4.78, 5) is 25.8. The maximum Gasteiger partial charge on any atom is 0.269 e. The molecule has 2 heterocycles. The van der Waals surface area contributed by atoms with E-state index in [1.807, 2.05) is 43.9 Å². The molecule has 0 spiro atoms. The number of non-ortho nitro benzene ring substituents is 1. The molecule has 0 aliphatic carbocycles. The molecule has 190 valence electrons. The van der Waals surface area contributed by atoms with Gasteiger partial charge in [0.25, 0.3) is 5.69 Å². The van der Waals surface area contributed by atoms with Crippen LogP contribution < -0.4 is 15.6 Å². The van der Waals surface area contributed by atoms with Crippen molar-refractivity contribution >= 4 is 47.0 Å². The third kappa shape index (κ3) is 6.39. The van der Waals surface area contributed by atoms with E-state index in [9.17, 15) is 10.1 Å². The van der Waals surface area contributed by atoms with Gasteiger partial charge in [0.05, 0.1) is 11.1 Å². The Morgan fingerprint density at radius 1 is 1.05 bits per heavy atom. The van der Waals surface area contributed by atoms with Gasteiger partial charge in [-0.25, -0.2) is 5.43 Å². The van der Waals surface area contributed by atoms with Crippen molar-refractivity contribution in [1.29, 1.82) is 0 Å². The minimum Gasteiger partial charge on any atom is -0.455 e. The lowest BCUT2D eigenvalue weighted by Gasteiger charge is -2.19. The molecule has 0 aliphatic heterocycles. The van der Waals surface area contributed by atoms with Crippen molar-refractivity contribution in [3.8, 4) is 11.3 Å². The molecule has 0 aliphatic rings. The molecule has 0 amide bonds. The van der Waals surface area contributed by atoms with Crippen molar-refractivity contribution in [3.05, 3.63) is 81.1 Å². The summed E-state index contributed by atoms with van der Waals surface area (Å²) in [6, 6.07) is 15.2. The summed E-state index contributed by atoms with van der Waals surface area (Å²) >= 11 is 6.26. The van der Waals surface area contributed by atoms with Gasteiger partial charge in [-0.3, -0.25) is 10.1 Å². The van der Waals surface area contributed by atoms with E-state index in [1.165, 1.54) is 18.3 Å². The summed E-state index contributed by atoms with van der Waals surface area (Å²) < 4.78 is 5.78. The van der Waals surface area contributed by atoms with Crippen LogP contribution in [0, 0.1) is 17.0 Å². The second-order valence-electron chi connectivity index (χ2n) is 7.92. The summed E-state index contributed by atoms with van der Waals surface area (Å²) in [7, 11) is 0. The quantitative estimate of drug-likeness (QED) is 0.146. The third-order valence-corrected chi connectivity index (χ3v) is 5.85. The summed E-state index contributed by atoms with van der Waals surface area (Å²) in [5.74, 6) is 2.12. The van der Waals surface area contributed by atoms with Crippen LogP contribution >= 0.6 is 11.6 Å². The van der Waals surface area contributed by atoms with Gasteiger partial charge >= 0.3 is 0 Å². The van der Waals surface area contributed by atoms with Gasteiger partial charge in [-0.1, -0.05) is 17.7 Å². The first-order valence-electron chi connectivity index (χ1n) is 11.5. The zero-order chi connectivity index (χ0) is 26.4. The molecular weight excluding hydrogens is 496 g/mol. The number of hydrazone groups is 1. The van der Waals surface area contributed by atoms with E-state index in [1.54, 1.807) is 24.3 Å². The SMILES string of the molecule is CCN(CC)c1nc(N/N=C\c2ccc(-c3ccc([N+](=O)[O-])cc3)o2)nc(Nc2ccc(C)c(Cl)c2)n1. The fourth-order valence-electron chi connectivity index (χ4n) is 3.40. The first kappa shape index (κ1) is 25.6. The summed E-state index contributed by atoms with van der Waals surface area (Å²) in [5, 5.41) is 18.9. The average molecular weight is 521 g/mol. The Labute approximate surface area is 218 Å². The number of nitrogens with zero attached hydrogens (tertiary/aromatic N) is 6. The van der Waals surface area contributed by atoms with E-state index in [-0.39, 0.29) is 11.6 Å². The Hall–Kier alpha value is -4.51. The summed E-state index contributed by atoms with van der Waals surface area (Å²) in [6.45, 7) is 7.41. The van der Waals surface area contributed by atoms with Crippen LogP contribution in [0.15, 0.2) is 64.1 Å². The maximum atomic E-state index is 10.9. The summed E-state index contributed by atoms with van der Waals surface area (Å²) in [6.07, 6.45) is 1.49. The van der Waals surface area contributed by atoms with Crippen molar-refractivity contribution in [2.45, 2.75) is 20.8 Å². The Bertz CT molecular complexity index is 1420. The molecule has 12 heteroatoms. The van der Waals surface area contributed by atoms with Crippen molar-refractivity contribution in [1.82, 2.24) is 15.0 Å². The van der Waals surface area contributed by atoms with Gasteiger partial charge in [-0.2, -0.15) is 20.1 Å². The van der Waals surface area contributed by atoms with E-state index in [0.29, 0.717) is 34.0 Å². The van der Waals surface area contributed by atoms with Crippen molar-refractivity contribution in [2.75, 3.05) is 28.7 Å². The first-order chi connectivity index (χ1) is 17.9. The van der Waals surface area contributed by atoms with Crippen molar-refractivity contribution < 1.29 is 9.34 Å². The molecule has 0 atom stereocenters. The number of anilines is 4. The molecule has 0 unspecified atom stereocenters. The van der Waals surface area contributed by atoms with Gasteiger partial charge in [-0.15, -0.1) is 0 Å². The Morgan fingerprint density at radius 3 is 2.46 bits per heavy atom. The highest BCUT2D eigenvalue weighted by Gasteiger charge is 2.12. The van der Waals surface area contributed by atoms with Crippen molar-refractivity contribution in [3.63, 3.8) is 0 Å². The van der Waals surface area contributed by atoms with Gasteiger partial charge in [0, 0.05) is 41.5 Å². The zero-order valence-electron chi connectivity index (χ0n) is 20.5. The van der Waals surface area contributed by atoms with Crippen LogP contribution in [0.5, 0.6) is 0 Å². The minimum atomic E-state index is -0.445. The van der Waals surface area contributed by atoms with Crippen LogP contribution in [0.4, 0.5) is 29.2 Å². The highest BCUT2D eigenvalue weighted by molar-refractivity contribution is 6.31. The molecule has 0 saturated carbocycles. The highest BCUT2D eigenvalue weighted by Crippen LogP contribution is 2.25. The van der Waals surface area contributed by atoms with Crippen LogP contribution in [0.1, 0.15) is 25.2 Å². The van der Waals surface area contributed by atoms with Crippen LogP contribution in [0.2, 0.25) is 5.02 Å². The number of hydrogen-bond acceptors (Lipinski definition) is 10. The normalized spacial score (nSPS) is 11.0. The topological polar surface area (TPSA) is 135 Å². The number of halogens is 1. The molecule has 2 aromatic heterocycles. The fraction of sp³-hybridized carbons (Fsp3) is 0.200. The standard InChI is InChI=1S/C25H25ClN8O3/c1-4-33(5-2)25-30-23(28-18-9-6-16(3)21(26)14-18)29-24(31-25)32-27-15-20-12-13-22(37-20)17-7-10-19(11-8-17)34(35)36/h6-15H,4-5H2,1-3H3,(H2,28,29,30,31,32)/b27-15-. The zero-order valence-corrected chi connectivity index (χ0v) is 21.2. The molecule has 2 N–H and O–H groups in total. The number of aryl methyl sites for hydroxylation is 1. The van der Waals surface area contributed by atoms with E-state index in [0.717, 1.165) is 24.3 Å². The predicted octanol–water partition coefficient (Wildman–Crippen LogP) is 6.04. The number of nitro benzene ring substituents is 1. The minimum absolute atomic E-state index is 0.0158. The molecule has 4 rings (SSSR count). The number of nitro groups is 1. The lowest BCUT2D eigenvalue weighted by Crippen LogP contribution is -2.25. The number of rotatable bonds is 10. The highest BCUT2D eigenvalue weighted by atomic mass is 35.5. The molecule has 2 aromatic carbocycles. The van der Waals surface area contributed by atoms with Gasteiger partial charge in [-0.05, 0) is 62.7 Å². The van der Waals surface area contributed by atoms with E-state index in [2.05, 4.69) is 30.8 Å². The number of furan rings is 1. The molecule has 37 heavy (non-hydrogen) atoms. The summed E-state index contributed by atoms with van der Waals surface area (Å²) in [5.41, 5.74) is 5.28. The molecule has 0 bridgehead atoms. The number of nitrogens with one attached hydrogen (secondary N) is 2. The molecule has 0 saturated heterocycles. The number of hydrogen-bond donors (Lipinski definition) is 2. The fourth-order valence-corrected chi connectivity index (χ4v) is 3.58. The van der Waals surface area contributed by atoms with Crippen LogP contribution in [0.25, 0.3) is 11.3 Å². The average Bonchev–Trinajstić information content (AvgIpc) is 3.36. The maximum absolute atomic E-state index is 10.9. The second-order valence-corrected chi connectivity index (χ2v) is 8.33. The smallest absolute Gasteiger partial charge is 0.269 e. The van der Waals surface area contributed by atoms with Crippen LogP contribution in [-0.2, 0) is 0 Å². The van der Waals surface area contributed by atoms with Gasteiger partial charge in [0.15, 0.2) is 0 Å². The monoisotopic (exact) mass is 520 g/mol. The van der Waals surface area contributed by atoms with E-state index >= 15 is 0 Å². The third-order valence-electron chi connectivity index (χ3n) is 5.44. The molecule has 4 aromatic rings. The molecular formula is C25H25ClN8O3. The first-order valence-corrected chi connectivity index (χ1v) is 11.9. The number of aromatic nitrogens is 3. The Balaban J connectivity index is 1.52. The predicted molar refractivity (Wildman–Crippen MR) is 145 cm³/mol. The Kier molecular flexibility index (Phi) is 7.94. The Morgan fingerprint density at radius 2 is 1.78 bits per heavy atom. The number of benzene rings is 2. The molecule has 11 nitrogen and oxygen atoms in total. The molecule has 0 radical (unpaired) electrons. The van der Waals surface area contributed by atoms with Crippen LogP contribution in [-0.4, -0.2) is 39.2 Å². The largest absolute Gasteiger partial charge is 0.455 e. The lowest BCUT2D eigenvalue weighted by atomic mass is 10.1. The van der Waals surface area contributed by atoms with Crippen molar-refractivity contribution in [2.24, 2.45) is 5.10 Å². The van der Waals surface area contributed by atoms with Crippen LogP contribution in [0.3, 0.4) is 0 Å². The lowest BCUT2D eigenvalue weighted by molar-refractivity contribution is -0.384. The van der Waals surface area contributed by atoms with Gasteiger partial charge < -0.3 is 14.6 Å². The van der Waals surface area contributed by atoms with E-state index in [4.69, 9.17) is 16.0 Å². The molecule has 0 fully saturated rings. The second kappa shape index (κ2) is 11.5. The van der Waals surface area contributed by atoms with E-state index < -0.39 is 4.92 Å².